The van der Waals surface area contributed by atoms with Crippen LogP contribution in [0.5, 0.6) is 0 Å². The molecule has 0 aromatic heterocycles. The predicted molar refractivity (Wildman–Crippen MR) is 151 cm³/mol. The standard InChI is InChI=1S/C23H25ClF3N3O2.C7H7NO/c24-18-10-8-15(9-11-18)13-28-19-6-1-2-7-20(19)30-21(31)14-29-22(32)16-4-3-5-17(12-16)23(25,26)27;8-7(9)6-4-2-1-3-5-6/h3-5,8-12,19-20,28H,1-2,6-7,13-14H2,(H,29,32)(H,30,31);1-5H,(H2,8,9)/t19-,20-;/m0./s1. The van der Waals surface area contributed by atoms with E-state index in [0.717, 1.165) is 49.4 Å². The first kappa shape index (κ1) is 31.6. The first-order chi connectivity index (χ1) is 19.5. The van der Waals surface area contributed by atoms with E-state index in [4.69, 9.17) is 17.3 Å². The Hall–Kier alpha value is -3.89. The van der Waals surface area contributed by atoms with E-state index in [-0.39, 0.29) is 36.0 Å². The topological polar surface area (TPSA) is 113 Å². The van der Waals surface area contributed by atoms with Gasteiger partial charge in [0, 0.05) is 34.8 Å². The lowest BCUT2D eigenvalue weighted by Gasteiger charge is -2.33. The quantitative estimate of drug-likeness (QED) is 0.293. The van der Waals surface area contributed by atoms with E-state index in [1.807, 2.05) is 30.3 Å². The number of nitrogens with one attached hydrogen (secondary N) is 3. The second kappa shape index (κ2) is 15.2. The van der Waals surface area contributed by atoms with Gasteiger partial charge in [-0.15, -0.1) is 0 Å². The Labute approximate surface area is 241 Å². The summed E-state index contributed by atoms with van der Waals surface area (Å²) in [6.45, 7) is 0.329. The second-order valence-electron chi connectivity index (χ2n) is 9.56. The average Bonchev–Trinajstić information content (AvgIpc) is 2.96. The van der Waals surface area contributed by atoms with E-state index in [1.54, 1.807) is 24.3 Å². The molecule has 4 rings (SSSR count). The summed E-state index contributed by atoms with van der Waals surface area (Å²) in [4.78, 5) is 35.0. The van der Waals surface area contributed by atoms with E-state index < -0.39 is 17.6 Å². The highest BCUT2D eigenvalue weighted by Crippen LogP contribution is 2.29. The fourth-order valence-electron chi connectivity index (χ4n) is 4.36. The predicted octanol–water partition coefficient (Wildman–Crippen LogP) is 5.09. The van der Waals surface area contributed by atoms with Crippen LogP contribution in [0.3, 0.4) is 0 Å². The molecule has 1 aliphatic carbocycles. The van der Waals surface area contributed by atoms with Crippen molar-refractivity contribution in [3.63, 3.8) is 0 Å². The second-order valence-corrected chi connectivity index (χ2v) is 10.0. The van der Waals surface area contributed by atoms with Gasteiger partial charge in [0.25, 0.3) is 5.91 Å². The van der Waals surface area contributed by atoms with Crippen molar-refractivity contribution >= 4 is 29.3 Å². The molecule has 0 aliphatic heterocycles. The lowest BCUT2D eigenvalue weighted by atomic mass is 9.90. The van der Waals surface area contributed by atoms with Crippen molar-refractivity contribution in [1.29, 1.82) is 0 Å². The Balaban J connectivity index is 0.000000436. The third kappa shape index (κ3) is 10.5. The highest BCUT2D eigenvalue weighted by Gasteiger charge is 2.31. The van der Waals surface area contributed by atoms with E-state index in [0.29, 0.717) is 17.1 Å². The summed E-state index contributed by atoms with van der Waals surface area (Å²) in [6, 6.07) is 20.4. The number of nitrogens with two attached hydrogens (primary N) is 1. The zero-order valence-corrected chi connectivity index (χ0v) is 23.0. The van der Waals surface area contributed by atoms with Crippen LogP contribution in [-0.4, -0.2) is 36.3 Å². The van der Waals surface area contributed by atoms with Gasteiger partial charge in [-0.05, 0) is 60.9 Å². The summed E-state index contributed by atoms with van der Waals surface area (Å²) in [7, 11) is 0. The molecule has 0 radical (unpaired) electrons. The Morgan fingerprint density at radius 2 is 1.49 bits per heavy atom. The van der Waals surface area contributed by atoms with Crippen LogP contribution in [0.2, 0.25) is 5.02 Å². The number of halogens is 4. The lowest BCUT2D eigenvalue weighted by Crippen LogP contribution is -2.53. The molecule has 1 fully saturated rings. The molecule has 7 nitrogen and oxygen atoms in total. The first-order valence-corrected chi connectivity index (χ1v) is 13.5. The third-order valence-electron chi connectivity index (χ3n) is 6.51. The summed E-state index contributed by atoms with van der Waals surface area (Å²) in [6.07, 6.45) is -0.777. The van der Waals surface area contributed by atoms with Crippen LogP contribution in [0.4, 0.5) is 13.2 Å². The van der Waals surface area contributed by atoms with Crippen molar-refractivity contribution in [2.75, 3.05) is 6.54 Å². The molecule has 218 valence electrons. The molecule has 3 aromatic carbocycles. The van der Waals surface area contributed by atoms with Gasteiger partial charge in [0.15, 0.2) is 0 Å². The van der Waals surface area contributed by atoms with Crippen LogP contribution in [0.25, 0.3) is 0 Å². The number of carbonyl (C=O) groups is 3. The summed E-state index contributed by atoms with van der Waals surface area (Å²) >= 11 is 5.91. The molecule has 0 heterocycles. The summed E-state index contributed by atoms with van der Waals surface area (Å²) in [5.41, 5.74) is 5.55. The van der Waals surface area contributed by atoms with Gasteiger partial charge in [-0.3, -0.25) is 14.4 Å². The highest BCUT2D eigenvalue weighted by atomic mass is 35.5. The van der Waals surface area contributed by atoms with Crippen molar-refractivity contribution in [3.8, 4) is 0 Å². The third-order valence-corrected chi connectivity index (χ3v) is 6.77. The van der Waals surface area contributed by atoms with Gasteiger partial charge in [0.2, 0.25) is 11.8 Å². The maximum absolute atomic E-state index is 12.8. The fourth-order valence-corrected chi connectivity index (χ4v) is 4.48. The summed E-state index contributed by atoms with van der Waals surface area (Å²) in [5.74, 6) is -1.49. The van der Waals surface area contributed by atoms with Crippen LogP contribution in [0.1, 0.15) is 57.5 Å². The number of carbonyl (C=O) groups excluding carboxylic acids is 3. The Morgan fingerprint density at radius 1 is 0.854 bits per heavy atom. The van der Waals surface area contributed by atoms with Gasteiger partial charge in [-0.2, -0.15) is 13.2 Å². The molecule has 1 saturated carbocycles. The van der Waals surface area contributed by atoms with E-state index in [1.165, 1.54) is 6.07 Å². The van der Waals surface area contributed by atoms with E-state index >= 15 is 0 Å². The molecule has 2 atom stereocenters. The minimum absolute atomic E-state index is 0.0857. The van der Waals surface area contributed by atoms with Gasteiger partial charge < -0.3 is 21.7 Å². The molecular weight excluding hydrogens is 557 g/mol. The molecule has 11 heteroatoms. The van der Waals surface area contributed by atoms with Crippen LogP contribution >= 0.6 is 11.6 Å². The first-order valence-electron chi connectivity index (χ1n) is 13.1. The van der Waals surface area contributed by atoms with Gasteiger partial charge in [0.1, 0.15) is 0 Å². The number of benzene rings is 3. The molecule has 0 bridgehead atoms. The average molecular weight is 589 g/mol. The van der Waals surface area contributed by atoms with Crippen molar-refractivity contribution in [2.24, 2.45) is 5.73 Å². The monoisotopic (exact) mass is 588 g/mol. The van der Waals surface area contributed by atoms with Gasteiger partial charge in [-0.25, -0.2) is 0 Å². The van der Waals surface area contributed by atoms with Gasteiger partial charge in [-0.1, -0.05) is 60.8 Å². The molecule has 5 N–H and O–H groups in total. The van der Waals surface area contributed by atoms with Crippen LogP contribution < -0.4 is 21.7 Å². The maximum Gasteiger partial charge on any atom is 0.416 e. The smallest absolute Gasteiger partial charge is 0.366 e. The van der Waals surface area contributed by atoms with Crippen molar-refractivity contribution < 1.29 is 27.6 Å². The lowest BCUT2D eigenvalue weighted by molar-refractivity contribution is -0.137. The van der Waals surface area contributed by atoms with Crippen molar-refractivity contribution in [2.45, 2.75) is 50.5 Å². The van der Waals surface area contributed by atoms with E-state index in [9.17, 15) is 27.6 Å². The molecule has 1 aliphatic rings. The maximum atomic E-state index is 12.8. The number of hydrogen-bond acceptors (Lipinski definition) is 4. The molecular formula is C30H32ClF3N4O3. The van der Waals surface area contributed by atoms with Crippen LogP contribution in [0, 0.1) is 0 Å². The summed E-state index contributed by atoms with van der Waals surface area (Å²) in [5, 5.41) is 9.48. The molecule has 3 aromatic rings. The Morgan fingerprint density at radius 3 is 2.10 bits per heavy atom. The van der Waals surface area contributed by atoms with Gasteiger partial charge >= 0.3 is 6.18 Å². The minimum atomic E-state index is -4.54. The van der Waals surface area contributed by atoms with Crippen LogP contribution in [-0.2, 0) is 17.5 Å². The highest BCUT2D eigenvalue weighted by molar-refractivity contribution is 6.30. The van der Waals surface area contributed by atoms with Crippen molar-refractivity contribution in [1.82, 2.24) is 16.0 Å². The van der Waals surface area contributed by atoms with Crippen LogP contribution in [0.15, 0.2) is 78.9 Å². The SMILES string of the molecule is NC(=O)c1ccccc1.O=C(CNC(=O)c1cccc(C(F)(F)F)c1)N[C@H]1CCCC[C@@H]1NCc1ccc(Cl)cc1. The minimum Gasteiger partial charge on any atom is -0.366 e. The van der Waals surface area contributed by atoms with Gasteiger partial charge in [0.05, 0.1) is 12.1 Å². The molecule has 0 spiro atoms. The molecule has 41 heavy (non-hydrogen) atoms. The zero-order valence-electron chi connectivity index (χ0n) is 22.2. The number of primary amides is 1. The Kier molecular flexibility index (Phi) is 11.7. The normalized spacial score (nSPS) is 16.6. The van der Waals surface area contributed by atoms with E-state index in [2.05, 4.69) is 16.0 Å². The number of alkyl halides is 3. The molecule has 0 saturated heterocycles. The van der Waals surface area contributed by atoms with Crippen molar-refractivity contribution in [3.05, 3.63) is 106 Å². The summed E-state index contributed by atoms with van der Waals surface area (Å²) < 4.78 is 38.5. The number of amides is 3. The molecule has 0 unspecified atom stereocenters. The zero-order chi connectivity index (χ0) is 29.8. The molecule has 3 amide bonds. The Bertz CT molecular complexity index is 1300. The fraction of sp³-hybridized carbons (Fsp3) is 0.300. The number of rotatable bonds is 8. The largest absolute Gasteiger partial charge is 0.416 e. The number of hydrogen-bond donors (Lipinski definition) is 4.